The first-order chi connectivity index (χ1) is 13.6. The van der Waals surface area contributed by atoms with E-state index in [-0.39, 0.29) is 28.7 Å². The van der Waals surface area contributed by atoms with Gasteiger partial charge in [-0.15, -0.1) is 0 Å². The van der Waals surface area contributed by atoms with Crippen molar-refractivity contribution in [3.8, 4) is 0 Å². The molecule has 0 saturated heterocycles. The van der Waals surface area contributed by atoms with Crippen LogP contribution in [0.15, 0.2) is 29.2 Å². The number of benzene rings is 1. The van der Waals surface area contributed by atoms with Gasteiger partial charge in [-0.05, 0) is 80.9 Å². The van der Waals surface area contributed by atoms with E-state index in [4.69, 9.17) is 5.14 Å². The molecular formula is C21H29N3O4S. The molecule has 0 aliphatic heterocycles. The SMILES string of the molecule is CC(NC(=O)CNC(=O)C12CC3CC(CC(C3)C1)C2)c1cccc(S(N)(=O)=O)c1. The lowest BCUT2D eigenvalue weighted by molar-refractivity contribution is -0.147. The highest BCUT2D eigenvalue weighted by molar-refractivity contribution is 7.89. The highest BCUT2D eigenvalue weighted by Crippen LogP contribution is 2.60. The van der Waals surface area contributed by atoms with Gasteiger partial charge in [-0.25, -0.2) is 13.6 Å². The molecule has 4 saturated carbocycles. The summed E-state index contributed by atoms with van der Waals surface area (Å²) in [5.41, 5.74) is 0.363. The average Bonchev–Trinajstić information content (AvgIpc) is 2.64. The molecule has 1 aromatic carbocycles. The van der Waals surface area contributed by atoms with Crippen LogP contribution in [-0.2, 0) is 19.6 Å². The minimum absolute atomic E-state index is 0.00576. The summed E-state index contributed by atoms with van der Waals surface area (Å²) in [5.74, 6) is 1.75. The molecule has 2 amide bonds. The monoisotopic (exact) mass is 419 g/mol. The normalized spacial score (nSPS) is 31.3. The van der Waals surface area contributed by atoms with Gasteiger partial charge < -0.3 is 10.6 Å². The predicted octanol–water partition coefficient (Wildman–Crippen LogP) is 1.84. The Morgan fingerprint density at radius 1 is 1.14 bits per heavy atom. The van der Waals surface area contributed by atoms with Crippen LogP contribution in [0.5, 0.6) is 0 Å². The molecule has 5 rings (SSSR count). The number of hydrogen-bond donors (Lipinski definition) is 3. The van der Waals surface area contributed by atoms with E-state index in [2.05, 4.69) is 10.6 Å². The molecule has 0 radical (unpaired) electrons. The minimum Gasteiger partial charge on any atom is -0.348 e. The molecular weight excluding hydrogens is 390 g/mol. The van der Waals surface area contributed by atoms with Crippen molar-refractivity contribution in [1.82, 2.24) is 10.6 Å². The van der Waals surface area contributed by atoms with Crippen LogP contribution in [0.4, 0.5) is 0 Å². The summed E-state index contributed by atoms with van der Waals surface area (Å²) < 4.78 is 23.0. The highest BCUT2D eigenvalue weighted by atomic mass is 32.2. The summed E-state index contributed by atoms with van der Waals surface area (Å²) in [6, 6.07) is 5.79. The second-order valence-corrected chi connectivity index (χ2v) is 10.8. The summed E-state index contributed by atoms with van der Waals surface area (Å²) in [6.07, 6.45) is 6.68. The summed E-state index contributed by atoms with van der Waals surface area (Å²) >= 11 is 0. The standard InChI is InChI=1S/C21H29N3O4S/c1-13(17-3-2-4-18(8-17)29(22,27)28)24-19(25)12-23-20(26)21-9-14-5-15(10-21)7-16(6-14)11-21/h2-4,8,13-16H,5-7,9-12H2,1H3,(H,23,26)(H,24,25)(H2,22,27,28). The number of nitrogens with one attached hydrogen (secondary N) is 2. The molecule has 4 aliphatic carbocycles. The number of amides is 2. The maximum absolute atomic E-state index is 12.9. The molecule has 29 heavy (non-hydrogen) atoms. The molecule has 8 heteroatoms. The van der Waals surface area contributed by atoms with E-state index < -0.39 is 16.1 Å². The topological polar surface area (TPSA) is 118 Å². The van der Waals surface area contributed by atoms with Crippen LogP contribution < -0.4 is 15.8 Å². The third-order valence-corrected chi connectivity index (χ3v) is 7.90. The van der Waals surface area contributed by atoms with Crippen LogP contribution in [0.25, 0.3) is 0 Å². The van der Waals surface area contributed by atoms with E-state index in [1.54, 1.807) is 19.1 Å². The number of carbonyl (C=O) groups excluding carboxylic acids is 2. The Labute approximate surface area is 171 Å². The molecule has 0 aromatic heterocycles. The van der Waals surface area contributed by atoms with Crippen molar-refractivity contribution in [2.75, 3.05) is 6.54 Å². The molecule has 1 unspecified atom stereocenters. The Morgan fingerprint density at radius 2 is 1.72 bits per heavy atom. The van der Waals surface area contributed by atoms with E-state index in [0.717, 1.165) is 19.3 Å². The van der Waals surface area contributed by atoms with Crippen molar-refractivity contribution in [2.24, 2.45) is 28.3 Å². The van der Waals surface area contributed by atoms with Crippen LogP contribution in [0, 0.1) is 23.2 Å². The quantitative estimate of drug-likeness (QED) is 0.652. The van der Waals surface area contributed by atoms with Crippen LogP contribution in [0.3, 0.4) is 0 Å². The van der Waals surface area contributed by atoms with Crippen LogP contribution in [0.1, 0.15) is 57.1 Å². The molecule has 4 bridgehead atoms. The van der Waals surface area contributed by atoms with Gasteiger partial charge in [-0.1, -0.05) is 12.1 Å². The van der Waals surface area contributed by atoms with Gasteiger partial charge >= 0.3 is 0 Å². The lowest BCUT2D eigenvalue weighted by Gasteiger charge is -2.55. The zero-order valence-electron chi connectivity index (χ0n) is 16.7. The largest absolute Gasteiger partial charge is 0.348 e. The maximum atomic E-state index is 12.9. The average molecular weight is 420 g/mol. The lowest BCUT2D eigenvalue weighted by Crippen LogP contribution is -2.54. The fourth-order valence-corrected chi connectivity index (χ4v) is 6.64. The minimum atomic E-state index is -3.80. The first-order valence-corrected chi connectivity index (χ1v) is 11.9. The summed E-state index contributed by atoms with van der Waals surface area (Å²) in [5, 5.41) is 10.8. The Kier molecular flexibility index (Phi) is 5.19. The lowest BCUT2D eigenvalue weighted by atomic mass is 9.49. The fourth-order valence-electron chi connectivity index (χ4n) is 6.07. The second-order valence-electron chi connectivity index (χ2n) is 9.29. The van der Waals surface area contributed by atoms with Crippen molar-refractivity contribution < 1.29 is 18.0 Å². The zero-order valence-corrected chi connectivity index (χ0v) is 17.5. The molecule has 0 heterocycles. The van der Waals surface area contributed by atoms with Crippen molar-refractivity contribution in [3.05, 3.63) is 29.8 Å². The van der Waals surface area contributed by atoms with Gasteiger partial charge in [0, 0.05) is 5.41 Å². The Morgan fingerprint density at radius 3 is 2.28 bits per heavy atom. The van der Waals surface area contributed by atoms with Gasteiger partial charge in [0.2, 0.25) is 21.8 Å². The molecule has 4 fully saturated rings. The smallest absolute Gasteiger partial charge is 0.239 e. The molecule has 0 spiro atoms. The van der Waals surface area contributed by atoms with E-state index in [9.17, 15) is 18.0 Å². The van der Waals surface area contributed by atoms with Crippen LogP contribution in [-0.4, -0.2) is 26.8 Å². The van der Waals surface area contributed by atoms with Gasteiger partial charge in [0.15, 0.2) is 0 Å². The van der Waals surface area contributed by atoms with Gasteiger partial charge in [0.25, 0.3) is 0 Å². The third kappa shape index (κ3) is 4.19. The van der Waals surface area contributed by atoms with E-state index >= 15 is 0 Å². The first-order valence-electron chi connectivity index (χ1n) is 10.3. The molecule has 1 atom stereocenters. The summed E-state index contributed by atoms with van der Waals surface area (Å²) in [7, 11) is -3.80. The summed E-state index contributed by atoms with van der Waals surface area (Å²) in [6.45, 7) is 1.70. The number of rotatable bonds is 6. The molecule has 1 aromatic rings. The van der Waals surface area contributed by atoms with Crippen molar-refractivity contribution in [1.29, 1.82) is 0 Å². The second kappa shape index (κ2) is 7.40. The fraction of sp³-hybridized carbons (Fsp3) is 0.619. The molecule has 4 N–H and O–H groups in total. The van der Waals surface area contributed by atoms with Gasteiger partial charge in [0.1, 0.15) is 0 Å². The number of primary sulfonamides is 1. The predicted molar refractivity (Wildman–Crippen MR) is 108 cm³/mol. The van der Waals surface area contributed by atoms with E-state index in [1.165, 1.54) is 31.4 Å². The number of hydrogen-bond acceptors (Lipinski definition) is 4. The Hall–Kier alpha value is -1.93. The molecule has 158 valence electrons. The summed E-state index contributed by atoms with van der Waals surface area (Å²) in [4.78, 5) is 25.3. The molecule has 7 nitrogen and oxygen atoms in total. The first kappa shape index (κ1) is 20.3. The van der Waals surface area contributed by atoms with Gasteiger partial charge in [-0.3, -0.25) is 9.59 Å². The highest BCUT2D eigenvalue weighted by Gasteiger charge is 2.54. The Balaban J connectivity index is 1.33. The van der Waals surface area contributed by atoms with Crippen molar-refractivity contribution >= 4 is 21.8 Å². The maximum Gasteiger partial charge on any atom is 0.239 e. The van der Waals surface area contributed by atoms with Crippen LogP contribution in [0.2, 0.25) is 0 Å². The number of nitrogens with two attached hydrogens (primary N) is 1. The van der Waals surface area contributed by atoms with E-state index in [0.29, 0.717) is 23.3 Å². The third-order valence-electron chi connectivity index (χ3n) is 6.99. The number of sulfonamides is 1. The van der Waals surface area contributed by atoms with Gasteiger partial charge in [0.05, 0.1) is 17.5 Å². The number of carbonyl (C=O) groups is 2. The van der Waals surface area contributed by atoms with Crippen molar-refractivity contribution in [3.63, 3.8) is 0 Å². The van der Waals surface area contributed by atoms with Gasteiger partial charge in [-0.2, -0.15) is 0 Å². The Bertz CT molecular complexity index is 892. The zero-order chi connectivity index (χ0) is 20.8. The molecule has 4 aliphatic rings. The van der Waals surface area contributed by atoms with Crippen molar-refractivity contribution in [2.45, 2.75) is 56.4 Å². The van der Waals surface area contributed by atoms with E-state index in [1.807, 2.05) is 0 Å². The van der Waals surface area contributed by atoms with Crippen LogP contribution >= 0.6 is 0 Å².